The largest absolute Gasteiger partial charge is 0.497 e. The van der Waals surface area contributed by atoms with Crippen molar-refractivity contribution < 1.29 is 4.74 Å². The van der Waals surface area contributed by atoms with Gasteiger partial charge in [-0.25, -0.2) is 9.97 Å². The fraction of sp³-hybridized carbons (Fsp3) is 0.235. The van der Waals surface area contributed by atoms with E-state index >= 15 is 0 Å². The van der Waals surface area contributed by atoms with E-state index in [0.29, 0.717) is 13.0 Å². The zero-order valence-corrected chi connectivity index (χ0v) is 12.6. The molecule has 0 aliphatic heterocycles. The van der Waals surface area contributed by atoms with Crippen molar-refractivity contribution in [1.29, 1.82) is 5.26 Å². The third-order valence-corrected chi connectivity index (χ3v) is 3.50. The van der Waals surface area contributed by atoms with Gasteiger partial charge in [0.15, 0.2) is 5.65 Å². The lowest BCUT2D eigenvalue weighted by atomic mass is 10.2. The number of aromatic nitrogens is 3. The lowest BCUT2D eigenvalue weighted by molar-refractivity contribution is 0.415. The Hall–Kier alpha value is -2.87. The van der Waals surface area contributed by atoms with Gasteiger partial charge in [0.1, 0.15) is 17.1 Å². The number of nitriles is 1. The number of rotatable bonds is 4. The third-order valence-electron chi connectivity index (χ3n) is 3.50. The number of hydrogen-bond donors (Lipinski definition) is 0. The van der Waals surface area contributed by atoms with Crippen LogP contribution < -0.4 is 4.74 Å². The number of imidazole rings is 1. The van der Waals surface area contributed by atoms with Gasteiger partial charge in [-0.3, -0.25) is 0 Å². The number of fused-ring (bicyclic) bond motifs is 1. The molecule has 0 spiro atoms. The summed E-state index contributed by atoms with van der Waals surface area (Å²) in [6, 6.07) is 11.9. The smallest absolute Gasteiger partial charge is 0.160 e. The van der Waals surface area contributed by atoms with Crippen molar-refractivity contribution in [3.63, 3.8) is 0 Å². The SMILES string of the molecule is COc1cccc(-c2nc3cc(C)cnc3n2CCC#N)c1. The number of nitrogens with zero attached hydrogens (tertiary/aromatic N) is 4. The van der Waals surface area contributed by atoms with Crippen molar-refractivity contribution in [3.05, 3.63) is 42.1 Å². The van der Waals surface area contributed by atoms with Crippen molar-refractivity contribution >= 4 is 11.2 Å². The minimum absolute atomic E-state index is 0.415. The second-order valence-electron chi connectivity index (χ2n) is 5.08. The van der Waals surface area contributed by atoms with E-state index in [1.807, 2.05) is 48.0 Å². The number of ether oxygens (including phenoxy) is 1. The van der Waals surface area contributed by atoms with Gasteiger partial charge in [-0.1, -0.05) is 12.1 Å². The third kappa shape index (κ3) is 2.51. The van der Waals surface area contributed by atoms with Gasteiger partial charge in [0.05, 0.1) is 19.6 Å². The standard InChI is InChI=1S/C17H16N4O/c1-12-9-15-17(19-11-12)21(8-4-7-18)16(20-15)13-5-3-6-14(10-13)22-2/h3,5-6,9-11H,4,8H2,1-2H3. The molecule has 0 N–H and O–H groups in total. The van der Waals surface area contributed by atoms with E-state index in [0.717, 1.165) is 33.9 Å². The molecule has 3 rings (SSSR count). The lowest BCUT2D eigenvalue weighted by Gasteiger charge is -2.07. The molecule has 1 aromatic carbocycles. The summed E-state index contributed by atoms with van der Waals surface area (Å²) < 4.78 is 7.28. The second kappa shape index (κ2) is 5.86. The topological polar surface area (TPSA) is 63.7 Å². The molecular formula is C17H16N4O. The fourth-order valence-electron chi connectivity index (χ4n) is 2.47. The average molecular weight is 292 g/mol. The molecule has 22 heavy (non-hydrogen) atoms. The maximum absolute atomic E-state index is 8.90. The molecule has 2 heterocycles. The lowest BCUT2D eigenvalue weighted by Crippen LogP contribution is -2.01. The minimum Gasteiger partial charge on any atom is -0.497 e. The fourth-order valence-corrected chi connectivity index (χ4v) is 2.47. The predicted octanol–water partition coefficient (Wildman–Crippen LogP) is 3.33. The Kier molecular flexibility index (Phi) is 3.75. The first kappa shape index (κ1) is 14.1. The normalized spacial score (nSPS) is 10.6. The van der Waals surface area contributed by atoms with Gasteiger partial charge in [0.25, 0.3) is 0 Å². The molecule has 2 aromatic heterocycles. The Labute approximate surface area is 128 Å². The van der Waals surface area contributed by atoms with Crippen molar-refractivity contribution in [2.45, 2.75) is 19.9 Å². The van der Waals surface area contributed by atoms with E-state index < -0.39 is 0 Å². The van der Waals surface area contributed by atoms with E-state index in [2.05, 4.69) is 11.1 Å². The van der Waals surface area contributed by atoms with Crippen LogP contribution in [0.3, 0.4) is 0 Å². The second-order valence-corrected chi connectivity index (χ2v) is 5.08. The van der Waals surface area contributed by atoms with Crippen LogP contribution in [0.15, 0.2) is 36.5 Å². The van der Waals surface area contributed by atoms with Crippen molar-refractivity contribution in [2.24, 2.45) is 0 Å². The first-order valence-corrected chi connectivity index (χ1v) is 7.07. The summed E-state index contributed by atoms with van der Waals surface area (Å²) in [7, 11) is 1.64. The summed E-state index contributed by atoms with van der Waals surface area (Å²) in [6.45, 7) is 2.56. The molecule has 0 bridgehead atoms. The molecule has 5 heteroatoms. The van der Waals surface area contributed by atoms with Gasteiger partial charge in [-0.15, -0.1) is 0 Å². The molecule has 5 nitrogen and oxygen atoms in total. The summed E-state index contributed by atoms with van der Waals surface area (Å²) in [4.78, 5) is 9.19. The van der Waals surface area contributed by atoms with Gasteiger partial charge in [-0.2, -0.15) is 5.26 Å². The quantitative estimate of drug-likeness (QED) is 0.740. The molecule has 0 amide bonds. The van der Waals surface area contributed by atoms with E-state index in [9.17, 15) is 0 Å². The summed E-state index contributed by atoms with van der Waals surface area (Å²) in [5, 5.41) is 8.90. The van der Waals surface area contributed by atoms with Crippen LogP contribution in [0.4, 0.5) is 0 Å². The van der Waals surface area contributed by atoms with Gasteiger partial charge < -0.3 is 9.30 Å². The number of hydrogen-bond acceptors (Lipinski definition) is 4. The van der Waals surface area contributed by atoms with Crippen LogP contribution in [0.1, 0.15) is 12.0 Å². The van der Waals surface area contributed by atoms with Crippen LogP contribution in [-0.2, 0) is 6.54 Å². The molecule has 0 saturated carbocycles. The van der Waals surface area contributed by atoms with Crippen LogP contribution in [-0.4, -0.2) is 21.6 Å². The molecule has 0 atom stereocenters. The minimum atomic E-state index is 0.415. The zero-order chi connectivity index (χ0) is 15.5. The molecule has 0 unspecified atom stereocenters. The highest BCUT2D eigenvalue weighted by atomic mass is 16.5. The van der Waals surface area contributed by atoms with Gasteiger partial charge in [-0.05, 0) is 30.7 Å². The molecule has 110 valence electrons. The maximum Gasteiger partial charge on any atom is 0.160 e. The Morgan fingerprint density at radius 3 is 2.95 bits per heavy atom. The Morgan fingerprint density at radius 1 is 1.32 bits per heavy atom. The van der Waals surface area contributed by atoms with Crippen LogP contribution in [0.25, 0.3) is 22.6 Å². The molecule has 0 fully saturated rings. The Morgan fingerprint density at radius 2 is 2.18 bits per heavy atom. The first-order valence-electron chi connectivity index (χ1n) is 7.07. The van der Waals surface area contributed by atoms with E-state index in [1.54, 1.807) is 7.11 Å². The molecule has 0 saturated heterocycles. The van der Waals surface area contributed by atoms with Gasteiger partial charge in [0.2, 0.25) is 0 Å². The van der Waals surface area contributed by atoms with E-state index in [1.165, 1.54) is 0 Å². The molecule has 0 aliphatic carbocycles. The van der Waals surface area contributed by atoms with Crippen LogP contribution in [0.5, 0.6) is 5.75 Å². The maximum atomic E-state index is 8.90. The average Bonchev–Trinajstić information content (AvgIpc) is 2.90. The Bertz CT molecular complexity index is 861. The zero-order valence-electron chi connectivity index (χ0n) is 12.6. The summed E-state index contributed by atoms with van der Waals surface area (Å²) in [5.74, 6) is 1.59. The van der Waals surface area contributed by atoms with Crippen LogP contribution in [0, 0.1) is 18.3 Å². The molecule has 0 radical (unpaired) electrons. The van der Waals surface area contributed by atoms with Gasteiger partial charge >= 0.3 is 0 Å². The van der Waals surface area contributed by atoms with Crippen molar-refractivity contribution in [1.82, 2.24) is 14.5 Å². The predicted molar refractivity (Wildman–Crippen MR) is 84.5 cm³/mol. The molecular weight excluding hydrogens is 276 g/mol. The Balaban J connectivity index is 2.20. The monoisotopic (exact) mass is 292 g/mol. The van der Waals surface area contributed by atoms with Crippen LogP contribution in [0.2, 0.25) is 0 Å². The van der Waals surface area contributed by atoms with E-state index in [4.69, 9.17) is 15.0 Å². The van der Waals surface area contributed by atoms with Crippen molar-refractivity contribution in [2.75, 3.05) is 7.11 Å². The number of benzene rings is 1. The van der Waals surface area contributed by atoms with Crippen LogP contribution >= 0.6 is 0 Å². The van der Waals surface area contributed by atoms with Crippen molar-refractivity contribution in [3.8, 4) is 23.2 Å². The summed E-state index contributed by atoms with van der Waals surface area (Å²) in [5.41, 5.74) is 3.66. The molecule has 0 aliphatic rings. The number of pyridine rings is 1. The molecule has 3 aromatic rings. The highest BCUT2D eigenvalue weighted by Gasteiger charge is 2.14. The van der Waals surface area contributed by atoms with Gasteiger partial charge in [0, 0.05) is 18.3 Å². The number of methoxy groups -OCH3 is 1. The first-order chi connectivity index (χ1) is 10.7. The highest BCUT2D eigenvalue weighted by molar-refractivity contribution is 5.78. The summed E-state index contributed by atoms with van der Waals surface area (Å²) >= 11 is 0. The highest BCUT2D eigenvalue weighted by Crippen LogP contribution is 2.27. The summed E-state index contributed by atoms with van der Waals surface area (Å²) in [6.07, 6.45) is 2.24. The van der Waals surface area contributed by atoms with E-state index in [-0.39, 0.29) is 0 Å². The number of aryl methyl sites for hydroxylation is 2.